The van der Waals surface area contributed by atoms with Crippen LogP contribution in [0.3, 0.4) is 0 Å². The quantitative estimate of drug-likeness (QED) is 0.793. The van der Waals surface area contributed by atoms with E-state index >= 15 is 0 Å². The average molecular weight is 226 g/mol. The van der Waals surface area contributed by atoms with Crippen molar-refractivity contribution in [3.63, 3.8) is 0 Å². The third-order valence-corrected chi connectivity index (χ3v) is 4.08. The molecular weight excluding hydrogens is 196 g/mol. The molecule has 2 unspecified atom stereocenters. The third kappa shape index (κ3) is 3.21. The maximum Gasteiger partial charge on any atom is 0.0304 e. The summed E-state index contributed by atoms with van der Waals surface area (Å²) < 4.78 is 0. The van der Waals surface area contributed by atoms with Gasteiger partial charge in [-0.05, 0) is 25.2 Å². The standard InChI is InChI=1S/C14H30N2/c1-7-14(6)10-15-13(12(4)5)9-16(14)8-11(2)3/h11-13,15H,7-10H2,1-6H3. The van der Waals surface area contributed by atoms with Crippen molar-refractivity contribution in [2.45, 2.75) is 59.5 Å². The summed E-state index contributed by atoms with van der Waals surface area (Å²) in [6, 6.07) is 0.665. The minimum absolute atomic E-state index is 0.357. The second-order valence-corrected chi connectivity index (χ2v) is 6.38. The molecule has 1 rings (SSSR count). The van der Waals surface area contributed by atoms with Gasteiger partial charge in [0.15, 0.2) is 0 Å². The van der Waals surface area contributed by atoms with Crippen LogP contribution in [0.2, 0.25) is 0 Å². The van der Waals surface area contributed by atoms with Crippen molar-refractivity contribution in [1.82, 2.24) is 10.2 Å². The first-order valence-corrected chi connectivity index (χ1v) is 6.87. The Morgan fingerprint density at radius 3 is 2.38 bits per heavy atom. The molecule has 1 N–H and O–H groups in total. The molecule has 1 saturated heterocycles. The molecule has 1 aliphatic rings. The molecule has 0 aromatic rings. The molecule has 0 aliphatic carbocycles. The van der Waals surface area contributed by atoms with E-state index in [1.807, 2.05) is 0 Å². The zero-order valence-corrected chi connectivity index (χ0v) is 12.0. The number of hydrogen-bond donors (Lipinski definition) is 1. The highest BCUT2D eigenvalue weighted by atomic mass is 15.3. The van der Waals surface area contributed by atoms with Crippen LogP contribution in [0.4, 0.5) is 0 Å². The van der Waals surface area contributed by atoms with E-state index in [9.17, 15) is 0 Å². The second kappa shape index (κ2) is 5.50. The van der Waals surface area contributed by atoms with E-state index in [-0.39, 0.29) is 0 Å². The van der Waals surface area contributed by atoms with E-state index in [4.69, 9.17) is 0 Å². The first-order chi connectivity index (χ1) is 7.39. The zero-order chi connectivity index (χ0) is 12.3. The predicted octanol–water partition coefficient (Wildman–Crippen LogP) is 2.74. The topological polar surface area (TPSA) is 15.3 Å². The van der Waals surface area contributed by atoms with Gasteiger partial charge in [-0.3, -0.25) is 4.90 Å². The van der Waals surface area contributed by atoms with Crippen molar-refractivity contribution in [3.8, 4) is 0 Å². The molecule has 2 heteroatoms. The Labute approximate surface area is 102 Å². The molecule has 0 aromatic carbocycles. The molecule has 0 radical (unpaired) electrons. The lowest BCUT2D eigenvalue weighted by Gasteiger charge is -2.49. The summed E-state index contributed by atoms with van der Waals surface area (Å²) in [4.78, 5) is 2.71. The van der Waals surface area contributed by atoms with Crippen LogP contribution in [0, 0.1) is 11.8 Å². The summed E-state index contributed by atoms with van der Waals surface area (Å²) in [6.07, 6.45) is 1.23. The van der Waals surface area contributed by atoms with Crippen molar-refractivity contribution in [2.75, 3.05) is 19.6 Å². The molecule has 1 fully saturated rings. The third-order valence-electron chi connectivity index (χ3n) is 4.08. The smallest absolute Gasteiger partial charge is 0.0304 e. The second-order valence-electron chi connectivity index (χ2n) is 6.38. The van der Waals surface area contributed by atoms with Crippen LogP contribution in [0.5, 0.6) is 0 Å². The highest BCUT2D eigenvalue weighted by Gasteiger charge is 2.37. The molecule has 0 bridgehead atoms. The number of nitrogens with zero attached hydrogens (tertiary/aromatic N) is 1. The highest BCUT2D eigenvalue weighted by molar-refractivity contribution is 4.96. The fraction of sp³-hybridized carbons (Fsp3) is 1.00. The molecule has 0 spiro atoms. The number of nitrogens with one attached hydrogen (secondary N) is 1. The van der Waals surface area contributed by atoms with Gasteiger partial charge in [0.05, 0.1) is 0 Å². The van der Waals surface area contributed by atoms with Gasteiger partial charge in [-0.25, -0.2) is 0 Å². The van der Waals surface area contributed by atoms with Crippen molar-refractivity contribution < 1.29 is 0 Å². The molecule has 96 valence electrons. The van der Waals surface area contributed by atoms with Crippen LogP contribution >= 0.6 is 0 Å². The van der Waals surface area contributed by atoms with Crippen LogP contribution in [-0.2, 0) is 0 Å². The Bertz CT molecular complexity index is 213. The van der Waals surface area contributed by atoms with Gasteiger partial charge < -0.3 is 5.32 Å². The fourth-order valence-electron chi connectivity index (χ4n) is 2.52. The van der Waals surface area contributed by atoms with Gasteiger partial charge in [0, 0.05) is 31.2 Å². The van der Waals surface area contributed by atoms with Crippen LogP contribution < -0.4 is 5.32 Å². The zero-order valence-electron chi connectivity index (χ0n) is 12.0. The lowest BCUT2D eigenvalue weighted by Crippen LogP contribution is -2.64. The summed E-state index contributed by atoms with van der Waals surface area (Å²) in [6.45, 7) is 17.6. The SMILES string of the molecule is CCC1(C)CNC(C(C)C)CN1CC(C)C. The van der Waals surface area contributed by atoms with Gasteiger partial charge in [0.2, 0.25) is 0 Å². The van der Waals surface area contributed by atoms with Gasteiger partial charge in [0.1, 0.15) is 0 Å². The maximum atomic E-state index is 3.72. The number of piperazine rings is 1. The van der Waals surface area contributed by atoms with Crippen LogP contribution in [0.1, 0.15) is 48.0 Å². The fourth-order valence-corrected chi connectivity index (χ4v) is 2.52. The summed E-state index contributed by atoms with van der Waals surface area (Å²) in [7, 11) is 0. The normalized spacial score (nSPS) is 32.6. The van der Waals surface area contributed by atoms with E-state index in [0.29, 0.717) is 11.6 Å². The molecule has 16 heavy (non-hydrogen) atoms. The Hall–Kier alpha value is -0.0800. The van der Waals surface area contributed by atoms with Crippen molar-refractivity contribution in [1.29, 1.82) is 0 Å². The number of rotatable bonds is 4. The lowest BCUT2D eigenvalue weighted by molar-refractivity contribution is 0.0293. The van der Waals surface area contributed by atoms with Crippen molar-refractivity contribution in [2.24, 2.45) is 11.8 Å². The summed E-state index contributed by atoms with van der Waals surface area (Å²) >= 11 is 0. The molecule has 1 aliphatic heterocycles. The van der Waals surface area contributed by atoms with Gasteiger partial charge in [-0.2, -0.15) is 0 Å². The molecule has 2 nitrogen and oxygen atoms in total. The van der Waals surface area contributed by atoms with Crippen LogP contribution in [0.15, 0.2) is 0 Å². The molecular formula is C14H30N2. The summed E-state index contributed by atoms with van der Waals surface area (Å²) in [5.41, 5.74) is 0.357. The Morgan fingerprint density at radius 2 is 1.94 bits per heavy atom. The minimum atomic E-state index is 0.357. The summed E-state index contributed by atoms with van der Waals surface area (Å²) in [5.74, 6) is 1.49. The predicted molar refractivity (Wildman–Crippen MR) is 71.7 cm³/mol. The van der Waals surface area contributed by atoms with E-state index in [1.54, 1.807) is 0 Å². The average Bonchev–Trinajstić information content (AvgIpc) is 2.20. The van der Waals surface area contributed by atoms with Gasteiger partial charge in [-0.15, -0.1) is 0 Å². The molecule has 0 aromatic heterocycles. The van der Waals surface area contributed by atoms with Crippen molar-refractivity contribution in [3.05, 3.63) is 0 Å². The van der Waals surface area contributed by atoms with Crippen molar-refractivity contribution >= 4 is 0 Å². The van der Waals surface area contributed by atoms with Gasteiger partial charge in [0.25, 0.3) is 0 Å². The van der Waals surface area contributed by atoms with E-state index in [2.05, 4.69) is 51.8 Å². The largest absolute Gasteiger partial charge is 0.311 e. The molecule has 2 atom stereocenters. The maximum absolute atomic E-state index is 3.72. The van der Waals surface area contributed by atoms with Crippen LogP contribution in [-0.4, -0.2) is 36.1 Å². The summed E-state index contributed by atoms with van der Waals surface area (Å²) in [5, 5.41) is 3.72. The first-order valence-electron chi connectivity index (χ1n) is 6.87. The van der Waals surface area contributed by atoms with Crippen LogP contribution in [0.25, 0.3) is 0 Å². The van der Waals surface area contributed by atoms with Gasteiger partial charge >= 0.3 is 0 Å². The molecule has 0 saturated carbocycles. The lowest BCUT2D eigenvalue weighted by atomic mass is 9.88. The Kier molecular flexibility index (Phi) is 4.81. The van der Waals surface area contributed by atoms with E-state index in [1.165, 1.54) is 19.5 Å². The Morgan fingerprint density at radius 1 is 1.31 bits per heavy atom. The first kappa shape index (κ1) is 14.0. The minimum Gasteiger partial charge on any atom is -0.311 e. The monoisotopic (exact) mass is 226 g/mol. The number of hydrogen-bond acceptors (Lipinski definition) is 2. The van der Waals surface area contributed by atoms with E-state index in [0.717, 1.165) is 18.4 Å². The van der Waals surface area contributed by atoms with Gasteiger partial charge in [-0.1, -0.05) is 34.6 Å². The highest BCUT2D eigenvalue weighted by Crippen LogP contribution is 2.25. The Balaban J connectivity index is 2.69. The molecule has 1 heterocycles. The molecule has 0 amide bonds. The van der Waals surface area contributed by atoms with E-state index < -0.39 is 0 Å².